The number of nitrogens with zero attached hydrogens (tertiary/aromatic N) is 2. The Morgan fingerprint density at radius 3 is 2.42 bits per heavy atom. The maximum Gasteiger partial charge on any atom is 0.161 e. The molecule has 0 spiro atoms. The van der Waals surface area contributed by atoms with E-state index in [1.165, 1.54) is 0 Å². The predicted molar refractivity (Wildman–Crippen MR) is 121 cm³/mol. The molecule has 0 unspecified atom stereocenters. The van der Waals surface area contributed by atoms with Crippen LogP contribution in [0.1, 0.15) is 16.7 Å². The van der Waals surface area contributed by atoms with Gasteiger partial charge >= 0.3 is 0 Å². The summed E-state index contributed by atoms with van der Waals surface area (Å²) < 4.78 is 17.1. The Bertz CT molecular complexity index is 1390. The predicted octanol–water partition coefficient (Wildman–Crippen LogP) is 5.84. The summed E-state index contributed by atoms with van der Waals surface area (Å²) >= 11 is 0. The normalized spacial score (nSPS) is 11.4. The molecule has 0 radical (unpaired) electrons. The zero-order chi connectivity index (χ0) is 22.0. The molecule has 0 N–H and O–H groups in total. The Hall–Kier alpha value is -4.04. The topological polar surface area (TPSA) is 67.8 Å². The van der Waals surface area contributed by atoms with Gasteiger partial charge in [0.1, 0.15) is 17.4 Å². The summed E-state index contributed by atoms with van der Waals surface area (Å²) in [7, 11) is 3.21. The number of benzene rings is 3. The van der Waals surface area contributed by atoms with Crippen LogP contribution in [0.15, 0.2) is 70.1 Å². The second-order valence-corrected chi connectivity index (χ2v) is 7.26. The lowest BCUT2D eigenvalue weighted by molar-refractivity contribution is 0.355. The quantitative estimate of drug-likeness (QED) is 0.424. The van der Waals surface area contributed by atoms with Gasteiger partial charge in [0.2, 0.25) is 0 Å². The van der Waals surface area contributed by atoms with Crippen molar-refractivity contribution in [2.75, 3.05) is 14.2 Å². The first kappa shape index (κ1) is 20.2. The molecule has 0 saturated heterocycles. The van der Waals surface area contributed by atoms with E-state index in [0.29, 0.717) is 28.5 Å². The molecular formula is C26H22N2O3. The number of rotatable bonds is 4. The third-order valence-electron chi connectivity index (χ3n) is 5.12. The van der Waals surface area contributed by atoms with Crippen LogP contribution in [0.4, 0.5) is 5.69 Å². The molecule has 5 nitrogen and oxygen atoms in total. The summed E-state index contributed by atoms with van der Waals surface area (Å²) in [6, 6.07) is 21.2. The summed E-state index contributed by atoms with van der Waals surface area (Å²) in [5, 5.41) is 11.1. The third kappa shape index (κ3) is 3.88. The number of ether oxygens (including phenoxy) is 2. The van der Waals surface area contributed by atoms with Crippen LogP contribution < -0.4 is 14.8 Å². The van der Waals surface area contributed by atoms with Gasteiger partial charge in [-0.2, -0.15) is 5.26 Å². The third-order valence-corrected chi connectivity index (χ3v) is 5.12. The first-order valence-corrected chi connectivity index (χ1v) is 9.85. The average Bonchev–Trinajstić information content (AvgIpc) is 2.78. The number of aryl methyl sites for hydroxylation is 2. The highest BCUT2D eigenvalue weighted by atomic mass is 16.5. The number of nitriles is 1. The molecule has 3 aromatic carbocycles. The van der Waals surface area contributed by atoms with E-state index in [1.54, 1.807) is 20.3 Å². The number of para-hydroxylation sites is 1. The largest absolute Gasteiger partial charge is 0.493 e. The fourth-order valence-electron chi connectivity index (χ4n) is 3.70. The molecule has 0 fully saturated rings. The number of hydrogen-bond donors (Lipinski definition) is 0. The Morgan fingerprint density at radius 2 is 1.68 bits per heavy atom. The molecule has 0 amide bonds. The second kappa shape index (κ2) is 8.37. The SMILES string of the molecule is COc1ccc(-c2cc(=Nc3ccccc3C#N)c3c(C)cc(C)cc3o2)cc1OC. The minimum atomic E-state index is 0.522. The lowest BCUT2D eigenvalue weighted by atomic mass is 10.0. The van der Waals surface area contributed by atoms with E-state index < -0.39 is 0 Å². The van der Waals surface area contributed by atoms with Crippen molar-refractivity contribution in [2.24, 2.45) is 4.99 Å². The Balaban J connectivity index is 2.04. The van der Waals surface area contributed by atoms with Gasteiger partial charge in [-0.3, -0.25) is 0 Å². The maximum absolute atomic E-state index is 9.49. The fourth-order valence-corrected chi connectivity index (χ4v) is 3.70. The van der Waals surface area contributed by atoms with Crippen LogP contribution in [-0.2, 0) is 0 Å². The molecule has 1 aromatic heterocycles. The molecule has 0 aliphatic carbocycles. The zero-order valence-electron chi connectivity index (χ0n) is 17.9. The Morgan fingerprint density at radius 1 is 0.903 bits per heavy atom. The molecule has 154 valence electrons. The van der Waals surface area contributed by atoms with Crippen LogP contribution in [0.2, 0.25) is 0 Å². The van der Waals surface area contributed by atoms with Gasteiger partial charge in [-0.25, -0.2) is 4.99 Å². The Kier molecular flexibility index (Phi) is 5.46. The van der Waals surface area contributed by atoms with E-state index in [9.17, 15) is 5.26 Å². The first-order chi connectivity index (χ1) is 15.0. The van der Waals surface area contributed by atoms with Crippen molar-refractivity contribution < 1.29 is 13.9 Å². The minimum Gasteiger partial charge on any atom is -0.493 e. The molecule has 31 heavy (non-hydrogen) atoms. The number of methoxy groups -OCH3 is 2. The van der Waals surface area contributed by atoms with E-state index in [-0.39, 0.29) is 0 Å². The van der Waals surface area contributed by atoms with Gasteiger partial charge in [-0.1, -0.05) is 18.2 Å². The van der Waals surface area contributed by atoms with Gasteiger partial charge in [0.15, 0.2) is 11.5 Å². The van der Waals surface area contributed by atoms with Crippen molar-refractivity contribution in [3.8, 4) is 28.9 Å². The van der Waals surface area contributed by atoms with Crippen LogP contribution in [-0.4, -0.2) is 14.2 Å². The average molecular weight is 410 g/mol. The summed E-state index contributed by atoms with van der Waals surface area (Å²) in [6.45, 7) is 4.07. The van der Waals surface area contributed by atoms with Crippen molar-refractivity contribution in [1.29, 1.82) is 5.26 Å². The number of hydrogen-bond acceptors (Lipinski definition) is 5. The monoisotopic (exact) mass is 410 g/mol. The fraction of sp³-hybridized carbons (Fsp3) is 0.154. The first-order valence-electron chi connectivity index (χ1n) is 9.85. The summed E-state index contributed by atoms with van der Waals surface area (Å²) in [5.74, 6) is 1.90. The maximum atomic E-state index is 9.49. The second-order valence-electron chi connectivity index (χ2n) is 7.26. The van der Waals surface area contributed by atoms with E-state index in [1.807, 2.05) is 62.4 Å². The van der Waals surface area contributed by atoms with Crippen molar-refractivity contribution in [1.82, 2.24) is 0 Å². The van der Waals surface area contributed by atoms with Crippen molar-refractivity contribution in [2.45, 2.75) is 13.8 Å². The van der Waals surface area contributed by atoms with Crippen LogP contribution in [0.3, 0.4) is 0 Å². The van der Waals surface area contributed by atoms with Crippen molar-refractivity contribution in [3.63, 3.8) is 0 Å². The van der Waals surface area contributed by atoms with E-state index in [4.69, 9.17) is 18.9 Å². The number of fused-ring (bicyclic) bond motifs is 1. The van der Waals surface area contributed by atoms with E-state index >= 15 is 0 Å². The lowest BCUT2D eigenvalue weighted by Gasteiger charge is -2.11. The lowest BCUT2D eigenvalue weighted by Crippen LogP contribution is -2.06. The molecule has 0 aliphatic heterocycles. The van der Waals surface area contributed by atoms with E-state index in [0.717, 1.165) is 33.0 Å². The van der Waals surface area contributed by atoms with Gasteiger partial charge in [-0.15, -0.1) is 0 Å². The molecule has 0 saturated carbocycles. The van der Waals surface area contributed by atoms with Gasteiger partial charge in [0, 0.05) is 17.0 Å². The molecule has 0 bridgehead atoms. The molecule has 1 heterocycles. The smallest absolute Gasteiger partial charge is 0.161 e. The standard InChI is InChI=1S/C26H22N2O3/c1-16-11-17(2)26-21(28-20-8-6-5-7-19(20)15-27)14-23(31-25(26)12-16)18-9-10-22(29-3)24(13-18)30-4/h5-14H,1-4H3. The van der Waals surface area contributed by atoms with Gasteiger partial charge in [-0.05, 0) is 61.4 Å². The molecule has 4 aromatic rings. The van der Waals surface area contributed by atoms with Crippen LogP contribution in [0, 0.1) is 25.2 Å². The summed E-state index contributed by atoms with van der Waals surface area (Å²) in [5.41, 5.74) is 4.87. The van der Waals surface area contributed by atoms with Gasteiger partial charge in [0.25, 0.3) is 0 Å². The Labute approximate surface area is 180 Å². The molecule has 4 rings (SSSR count). The van der Waals surface area contributed by atoms with E-state index in [2.05, 4.69) is 12.1 Å². The van der Waals surface area contributed by atoms with Crippen LogP contribution in [0.25, 0.3) is 22.3 Å². The molecule has 5 heteroatoms. The minimum absolute atomic E-state index is 0.522. The molecule has 0 atom stereocenters. The van der Waals surface area contributed by atoms with Crippen LogP contribution >= 0.6 is 0 Å². The van der Waals surface area contributed by atoms with Gasteiger partial charge in [0.05, 0.1) is 30.8 Å². The molecular weight excluding hydrogens is 388 g/mol. The highest BCUT2D eigenvalue weighted by Crippen LogP contribution is 2.33. The zero-order valence-corrected chi connectivity index (χ0v) is 17.9. The summed E-state index contributed by atoms with van der Waals surface area (Å²) in [6.07, 6.45) is 0. The highest BCUT2D eigenvalue weighted by molar-refractivity contribution is 5.83. The van der Waals surface area contributed by atoms with Gasteiger partial charge < -0.3 is 13.9 Å². The summed E-state index contributed by atoms with van der Waals surface area (Å²) in [4.78, 5) is 4.85. The van der Waals surface area contributed by atoms with Crippen molar-refractivity contribution >= 4 is 16.7 Å². The highest BCUT2D eigenvalue weighted by Gasteiger charge is 2.12. The molecule has 0 aliphatic rings. The van der Waals surface area contributed by atoms with Crippen LogP contribution in [0.5, 0.6) is 11.5 Å². The van der Waals surface area contributed by atoms with Crippen molar-refractivity contribution in [3.05, 3.63) is 82.7 Å².